The molecule has 0 radical (unpaired) electrons. The number of benzene rings is 2. The fraction of sp³-hybridized carbons (Fsp3) is 0.133. The fourth-order valence-electron chi connectivity index (χ4n) is 1.59. The zero-order chi connectivity index (χ0) is 12.8. The zero-order valence-electron chi connectivity index (χ0n) is 9.87. The molecule has 0 saturated carbocycles. The van der Waals surface area contributed by atoms with Crippen molar-refractivity contribution in [2.24, 2.45) is 0 Å². The second-order valence-electron chi connectivity index (χ2n) is 3.95. The van der Waals surface area contributed by atoms with E-state index in [1.807, 2.05) is 30.3 Å². The van der Waals surface area contributed by atoms with Gasteiger partial charge in [-0.05, 0) is 23.3 Å². The van der Waals surface area contributed by atoms with Crippen molar-refractivity contribution in [1.29, 1.82) is 0 Å². The van der Waals surface area contributed by atoms with E-state index < -0.39 is 0 Å². The number of carbonyl (C=O) groups is 1. The molecule has 0 aliphatic carbocycles. The third-order valence-corrected chi connectivity index (χ3v) is 2.61. The van der Waals surface area contributed by atoms with Gasteiger partial charge in [0.15, 0.2) is 0 Å². The normalized spacial score (nSPS) is 10.1. The molecule has 3 heteroatoms. The maximum absolute atomic E-state index is 10.6. The molecule has 0 unspecified atom stereocenters. The maximum atomic E-state index is 10.6. The van der Waals surface area contributed by atoms with Crippen molar-refractivity contribution in [2.45, 2.75) is 13.2 Å². The molecule has 92 valence electrons. The van der Waals surface area contributed by atoms with Gasteiger partial charge in [-0.2, -0.15) is 0 Å². The summed E-state index contributed by atoms with van der Waals surface area (Å²) in [4.78, 5) is 10.6. The van der Waals surface area contributed by atoms with Crippen molar-refractivity contribution in [2.75, 3.05) is 0 Å². The first kappa shape index (κ1) is 12.3. The number of aliphatic hydroxyl groups is 1. The van der Waals surface area contributed by atoms with Crippen molar-refractivity contribution in [1.82, 2.24) is 0 Å². The number of hydrogen-bond donors (Lipinski definition) is 1. The van der Waals surface area contributed by atoms with Gasteiger partial charge in [0.2, 0.25) is 0 Å². The summed E-state index contributed by atoms with van der Waals surface area (Å²) in [6, 6.07) is 14.6. The summed E-state index contributed by atoms with van der Waals surface area (Å²) in [5.74, 6) is 0.672. The highest BCUT2D eigenvalue weighted by molar-refractivity contribution is 5.75. The predicted octanol–water partition coefficient (Wildman–Crippen LogP) is 2.57. The summed E-state index contributed by atoms with van der Waals surface area (Å²) in [7, 11) is 0. The van der Waals surface area contributed by atoms with E-state index in [9.17, 15) is 4.79 Å². The van der Waals surface area contributed by atoms with E-state index in [4.69, 9.17) is 9.84 Å². The van der Waals surface area contributed by atoms with E-state index in [2.05, 4.69) is 0 Å². The maximum Gasteiger partial charge on any atom is 0.150 e. The van der Waals surface area contributed by atoms with E-state index in [0.717, 1.165) is 17.4 Å². The smallest absolute Gasteiger partial charge is 0.150 e. The van der Waals surface area contributed by atoms with Crippen molar-refractivity contribution in [3.05, 3.63) is 65.2 Å². The molecule has 0 fully saturated rings. The van der Waals surface area contributed by atoms with Gasteiger partial charge in [-0.25, -0.2) is 0 Å². The van der Waals surface area contributed by atoms with Gasteiger partial charge in [-0.15, -0.1) is 0 Å². The topological polar surface area (TPSA) is 46.5 Å². The summed E-state index contributed by atoms with van der Waals surface area (Å²) < 4.78 is 5.59. The SMILES string of the molecule is O=Cc1cccc(OCc2ccc(CO)cc2)c1. The van der Waals surface area contributed by atoms with Crippen LogP contribution in [0.1, 0.15) is 21.5 Å². The van der Waals surface area contributed by atoms with Crippen LogP contribution >= 0.6 is 0 Å². The van der Waals surface area contributed by atoms with E-state index in [1.165, 1.54) is 0 Å². The van der Waals surface area contributed by atoms with E-state index in [-0.39, 0.29) is 6.61 Å². The highest BCUT2D eigenvalue weighted by Crippen LogP contribution is 2.14. The molecule has 0 saturated heterocycles. The lowest BCUT2D eigenvalue weighted by Crippen LogP contribution is -1.96. The third kappa shape index (κ3) is 3.18. The Morgan fingerprint density at radius 1 is 1.06 bits per heavy atom. The molecule has 0 aliphatic rings. The summed E-state index contributed by atoms with van der Waals surface area (Å²) in [5, 5.41) is 8.93. The van der Waals surface area contributed by atoms with Crippen molar-refractivity contribution >= 4 is 6.29 Å². The lowest BCUT2D eigenvalue weighted by atomic mass is 10.1. The molecule has 0 heterocycles. The summed E-state index contributed by atoms with van der Waals surface area (Å²) in [6.07, 6.45) is 0.795. The average molecular weight is 242 g/mol. The average Bonchev–Trinajstić information content (AvgIpc) is 2.46. The highest BCUT2D eigenvalue weighted by Gasteiger charge is 1.98. The predicted molar refractivity (Wildman–Crippen MR) is 68.5 cm³/mol. The largest absolute Gasteiger partial charge is 0.489 e. The van der Waals surface area contributed by atoms with E-state index in [1.54, 1.807) is 18.2 Å². The second-order valence-corrected chi connectivity index (χ2v) is 3.95. The van der Waals surface area contributed by atoms with Gasteiger partial charge in [-0.3, -0.25) is 4.79 Å². The summed E-state index contributed by atoms with van der Waals surface area (Å²) >= 11 is 0. The Kier molecular flexibility index (Phi) is 4.10. The van der Waals surface area contributed by atoms with Crippen LogP contribution in [0.3, 0.4) is 0 Å². The van der Waals surface area contributed by atoms with E-state index in [0.29, 0.717) is 17.9 Å². The van der Waals surface area contributed by atoms with Crippen molar-refractivity contribution in [3.63, 3.8) is 0 Å². The van der Waals surface area contributed by atoms with Crippen LogP contribution in [0.4, 0.5) is 0 Å². The van der Waals surface area contributed by atoms with Crippen LogP contribution in [-0.4, -0.2) is 11.4 Å². The van der Waals surface area contributed by atoms with Gasteiger partial charge in [0.1, 0.15) is 18.6 Å². The quantitative estimate of drug-likeness (QED) is 0.820. The Morgan fingerprint density at radius 3 is 2.44 bits per heavy atom. The first-order valence-corrected chi connectivity index (χ1v) is 5.68. The van der Waals surface area contributed by atoms with Crippen LogP contribution in [0.25, 0.3) is 0 Å². The summed E-state index contributed by atoms with van der Waals surface area (Å²) in [6.45, 7) is 0.483. The molecular weight excluding hydrogens is 228 g/mol. The number of aliphatic hydroxyl groups excluding tert-OH is 1. The molecule has 0 aromatic heterocycles. The Morgan fingerprint density at radius 2 is 1.78 bits per heavy atom. The number of hydrogen-bond acceptors (Lipinski definition) is 3. The van der Waals surface area contributed by atoms with Gasteiger partial charge in [0, 0.05) is 5.56 Å². The number of aldehydes is 1. The molecule has 0 aliphatic heterocycles. The van der Waals surface area contributed by atoms with E-state index >= 15 is 0 Å². The highest BCUT2D eigenvalue weighted by atomic mass is 16.5. The minimum Gasteiger partial charge on any atom is -0.489 e. The van der Waals surface area contributed by atoms with Crippen LogP contribution in [-0.2, 0) is 13.2 Å². The zero-order valence-corrected chi connectivity index (χ0v) is 9.87. The first-order valence-electron chi connectivity index (χ1n) is 5.68. The third-order valence-electron chi connectivity index (χ3n) is 2.61. The fourth-order valence-corrected chi connectivity index (χ4v) is 1.59. The van der Waals surface area contributed by atoms with Gasteiger partial charge >= 0.3 is 0 Å². The van der Waals surface area contributed by atoms with Crippen LogP contribution in [0, 0.1) is 0 Å². The molecule has 18 heavy (non-hydrogen) atoms. The molecular formula is C15H14O3. The monoisotopic (exact) mass is 242 g/mol. The lowest BCUT2D eigenvalue weighted by molar-refractivity contribution is 0.112. The van der Waals surface area contributed by atoms with Gasteiger partial charge in [-0.1, -0.05) is 36.4 Å². The number of carbonyl (C=O) groups excluding carboxylic acids is 1. The molecule has 2 aromatic carbocycles. The van der Waals surface area contributed by atoms with Crippen LogP contribution < -0.4 is 4.74 Å². The molecule has 0 atom stereocenters. The van der Waals surface area contributed by atoms with Crippen molar-refractivity contribution < 1.29 is 14.6 Å². The molecule has 0 amide bonds. The second kappa shape index (κ2) is 5.98. The van der Waals surface area contributed by atoms with Crippen LogP contribution in [0.5, 0.6) is 5.75 Å². The van der Waals surface area contributed by atoms with Crippen molar-refractivity contribution in [3.8, 4) is 5.75 Å². The molecule has 2 aromatic rings. The Labute approximate surface area is 106 Å². The Hall–Kier alpha value is -2.13. The Balaban J connectivity index is 1.99. The van der Waals surface area contributed by atoms with Crippen LogP contribution in [0.15, 0.2) is 48.5 Å². The molecule has 0 bridgehead atoms. The summed E-state index contributed by atoms with van der Waals surface area (Å²) in [5.41, 5.74) is 2.49. The van der Waals surface area contributed by atoms with Gasteiger partial charge in [0.25, 0.3) is 0 Å². The minimum absolute atomic E-state index is 0.0442. The lowest BCUT2D eigenvalue weighted by Gasteiger charge is -2.07. The Bertz CT molecular complexity index is 518. The molecule has 3 nitrogen and oxygen atoms in total. The molecule has 2 rings (SSSR count). The first-order chi connectivity index (χ1) is 8.81. The van der Waals surface area contributed by atoms with Crippen LogP contribution in [0.2, 0.25) is 0 Å². The minimum atomic E-state index is 0.0442. The molecule has 1 N–H and O–H groups in total. The van der Waals surface area contributed by atoms with Gasteiger partial charge in [0.05, 0.1) is 6.61 Å². The molecule has 0 spiro atoms. The number of rotatable bonds is 5. The van der Waals surface area contributed by atoms with Gasteiger partial charge < -0.3 is 9.84 Å². The number of ether oxygens (including phenoxy) is 1. The standard InChI is InChI=1S/C15H14O3/c16-9-12-4-6-13(7-5-12)11-18-15-3-1-2-14(8-15)10-17/h1-8,10,16H,9,11H2.